The molecule has 170 valence electrons. The third kappa shape index (κ3) is 4.55. The molecule has 0 heterocycles. The van der Waals surface area contributed by atoms with E-state index < -0.39 is 18.1 Å². The maximum Gasteiger partial charge on any atom is 0.407 e. The number of fused-ring (bicyclic) bond motifs is 3. The van der Waals surface area contributed by atoms with Gasteiger partial charge in [-0.2, -0.15) is 0 Å². The Morgan fingerprint density at radius 2 is 1.52 bits per heavy atom. The van der Waals surface area contributed by atoms with E-state index >= 15 is 0 Å². The molecule has 2 N–H and O–H groups in total. The van der Waals surface area contributed by atoms with E-state index in [0.29, 0.717) is 0 Å². The lowest BCUT2D eigenvalue weighted by Crippen LogP contribution is -2.43. The number of carbonyl (C=O) groups is 2. The third-order valence-electron chi connectivity index (χ3n) is 6.21. The highest BCUT2D eigenvalue weighted by atomic mass is 16.6. The highest BCUT2D eigenvalue weighted by Crippen LogP contribution is 2.44. The van der Waals surface area contributed by atoms with Gasteiger partial charge >= 0.3 is 12.1 Å². The Hall–Kier alpha value is -3.80. The normalized spacial score (nSPS) is 13.1. The van der Waals surface area contributed by atoms with Crippen molar-refractivity contribution in [1.29, 1.82) is 0 Å². The number of phenols is 1. The van der Waals surface area contributed by atoms with Crippen LogP contribution in [0.1, 0.15) is 33.7 Å². The van der Waals surface area contributed by atoms with Gasteiger partial charge in [-0.1, -0.05) is 48.5 Å². The van der Waals surface area contributed by atoms with Crippen molar-refractivity contribution < 1.29 is 24.2 Å². The molecule has 0 bridgehead atoms. The average molecular weight is 446 g/mol. The number of hydrogen-bond donors (Lipinski definition) is 2. The van der Waals surface area contributed by atoms with Gasteiger partial charge in [0.05, 0.1) is 7.11 Å². The molecule has 0 saturated heterocycles. The topological polar surface area (TPSA) is 84.9 Å². The first kappa shape index (κ1) is 22.4. The summed E-state index contributed by atoms with van der Waals surface area (Å²) in [6.07, 6.45) is -0.448. The fourth-order valence-corrected chi connectivity index (χ4v) is 4.61. The number of aryl methyl sites for hydroxylation is 2. The van der Waals surface area contributed by atoms with Crippen molar-refractivity contribution >= 4 is 12.1 Å². The van der Waals surface area contributed by atoms with Crippen molar-refractivity contribution in [2.45, 2.75) is 32.2 Å². The van der Waals surface area contributed by atoms with Crippen molar-refractivity contribution in [2.75, 3.05) is 13.7 Å². The Balaban J connectivity index is 1.47. The first-order valence-electron chi connectivity index (χ1n) is 10.9. The fraction of sp³-hybridized carbons (Fsp3) is 0.259. The molecule has 3 aromatic rings. The Bertz CT molecular complexity index is 1130. The molecular weight excluding hydrogens is 418 g/mol. The van der Waals surface area contributed by atoms with Crippen LogP contribution in [0.4, 0.5) is 4.79 Å². The Kier molecular flexibility index (Phi) is 6.36. The quantitative estimate of drug-likeness (QED) is 0.541. The van der Waals surface area contributed by atoms with Gasteiger partial charge in [0.1, 0.15) is 18.4 Å². The first-order chi connectivity index (χ1) is 15.9. The number of rotatable bonds is 6. The minimum Gasteiger partial charge on any atom is -0.508 e. The van der Waals surface area contributed by atoms with Crippen molar-refractivity contribution in [3.05, 3.63) is 88.5 Å². The van der Waals surface area contributed by atoms with Crippen LogP contribution >= 0.6 is 0 Å². The number of amides is 1. The van der Waals surface area contributed by atoms with Gasteiger partial charge in [0.2, 0.25) is 0 Å². The van der Waals surface area contributed by atoms with Crippen LogP contribution in [-0.2, 0) is 20.7 Å². The SMILES string of the molecule is COC(=O)[C@H](Cc1c(C)cc(O)cc1C)NC(=O)OCC1c2ccccc2-c2ccccc21. The summed E-state index contributed by atoms with van der Waals surface area (Å²) in [7, 11) is 1.28. The summed E-state index contributed by atoms with van der Waals surface area (Å²) >= 11 is 0. The molecule has 0 saturated carbocycles. The summed E-state index contributed by atoms with van der Waals surface area (Å²) < 4.78 is 10.5. The molecule has 0 fully saturated rings. The summed E-state index contributed by atoms with van der Waals surface area (Å²) in [5.41, 5.74) is 7.05. The fourth-order valence-electron chi connectivity index (χ4n) is 4.61. The molecule has 0 radical (unpaired) electrons. The molecule has 33 heavy (non-hydrogen) atoms. The summed E-state index contributed by atoms with van der Waals surface area (Å²) in [5.74, 6) is -0.468. The molecule has 1 aliphatic rings. The molecule has 1 amide bonds. The second-order valence-corrected chi connectivity index (χ2v) is 8.31. The van der Waals surface area contributed by atoms with E-state index in [1.54, 1.807) is 12.1 Å². The lowest BCUT2D eigenvalue weighted by molar-refractivity contribution is -0.143. The largest absolute Gasteiger partial charge is 0.508 e. The summed E-state index contributed by atoms with van der Waals surface area (Å²) in [5, 5.41) is 12.4. The predicted octanol–water partition coefficient (Wildman–Crippen LogP) is 4.63. The van der Waals surface area contributed by atoms with Crippen molar-refractivity contribution in [2.24, 2.45) is 0 Å². The molecule has 1 atom stereocenters. The number of alkyl carbamates (subject to hydrolysis) is 1. The van der Waals surface area contributed by atoms with Crippen LogP contribution in [0.2, 0.25) is 0 Å². The Labute approximate surface area is 193 Å². The number of ether oxygens (including phenoxy) is 2. The van der Waals surface area contributed by atoms with Gasteiger partial charge in [0, 0.05) is 12.3 Å². The molecule has 1 aliphatic carbocycles. The number of carbonyl (C=O) groups excluding carboxylic acids is 2. The molecular formula is C27H27NO5. The van der Waals surface area contributed by atoms with Gasteiger partial charge < -0.3 is 19.9 Å². The van der Waals surface area contributed by atoms with Crippen LogP contribution in [0.5, 0.6) is 5.75 Å². The van der Waals surface area contributed by atoms with Gasteiger partial charge in [-0.15, -0.1) is 0 Å². The predicted molar refractivity (Wildman–Crippen MR) is 125 cm³/mol. The third-order valence-corrected chi connectivity index (χ3v) is 6.21. The highest BCUT2D eigenvalue weighted by Gasteiger charge is 2.30. The smallest absolute Gasteiger partial charge is 0.407 e. The van der Waals surface area contributed by atoms with E-state index in [1.807, 2.05) is 38.1 Å². The minimum absolute atomic E-state index is 0.0682. The van der Waals surface area contributed by atoms with Crippen molar-refractivity contribution in [3.8, 4) is 16.9 Å². The van der Waals surface area contributed by atoms with Crippen molar-refractivity contribution in [1.82, 2.24) is 5.32 Å². The number of aromatic hydroxyl groups is 1. The summed E-state index contributed by atoms with van der Waals surface area (Å²) in [4.78, 5) is 25.1. The van der Waals surface area contributed by atoms with E-state index in [-0.39, 0.29) is 24.7 Å². The maximum atomic E-state index is 12.7. The van der Waals surface area contributed by atoms with Crippen LogP contribution in [0.15, 0.2) is 60.7 Å². The van der Waals surface area contributed by atoms with Crippen LogP contribution < -0.4 is 5.32 Å². The Morgan fingerprint density at radius 3 is 2.06 bits per heavy atom. The minimum atomic E-state index is -0.910. The molecule has 0 aliphatic heterocycles. The van der Waals surface area contributed by atoms with E-state index in [0.717, 1.165) is 38.9 Å². The lowest BCUT2D eigenvalue weighted by atomic mass is 9.96. The standard InChI is InChI=1S/C27H27NO5/c1-16-12-18(29)13-17(2)23(16)14-25(26(30)32-3)28-27(31)33-15-24-21-10-6-4-8-19(21)20-9-5-7-11-22(20)24/h4-13,24-25,29H,14-15H2,1-3H3,(H,28,31)/t25-/m0/s1. The van der Waals surface area contributed by atoms with Gasteiger partial charge in [-0.3, -0.25) is 0 Å². The molecule has 0 unspecified atom stereocenters. The van der Waals surface area contributed by atoms with E-state index in [1.165, 1.54) is 7.11 Å². The molecule has 6 nitrogen and oxygen atoms in total. The summed E-state index contributed by atoms with van der Waals surface area (Å²) in [6, 6.07) is 18.6. The van der Waals surface area contributed by atoms with E-state index in [9.17, 15) is 14.7 Å². The van der Waals surface area contributed by atoms with Gasteiger partial charge in [-0.25, -0.2) is 9.59 Å². The van der Waals surface area contributed by atoms with Crippen LogP contribution in [-0.4, -0.2) is 36.9 Å². The maximum absolute atomic E-state index is 12.7. The molecule has 3 aromatic carbocycles. The number of esters is 1. The van der Waals surface area contributed by atoms with Crippen LogP contribution in [0.3, 0.4) is 0 Å². The molecule has 0 aromatic heterocycles. The van der Waals surface area contributed by atoms with Crippen LogP contribution in [0.25, 0.3) is 11.1 Å². The number of phenolic OH excluding ortho intramolecular Hbond substituents is 1. The molecule has 6 heteroatoms. The highest BCUT2D eigenvalue weighted by molar-refractivity contribution is 5.82. The monoisotopic (exact) mass is 445 g/mol. The first-order valence-corrected chi connectivity index (χ1v) is 10.9. The lowest BCUT2D eigenvalue weighted by Gasteiger charge is -2.20. The van der Waals surface area contributed by atoms with E-state index in [2.05, 4.69) is 29.6 Å². The number of nitrogens with one attached hydrogen (secondary N) is 1. The zero-order chi connectivity index (χ0) is 23.5. The zero-order valence-corrected chi connectivity index (χ0v) is 18.9. The zero-order valence-electron chi connectivity index (χ0n) is 18.9. The second-order valence-electron chi connectivity index (χ2n) is 8.31. The van der Waals surface area contributed by atoms with E-state index in [4.69, 9.17) is 9.47 Å². The molecule has 4 rings (SSSR count). The van der Waals surface area contributed by atoms with Gasteiger partial charge in [-0.05, 0) is 64.9 Å². The Morgan fingerprint density at radius 1 is 0.970 bits per heavy atom. The summed E-state index contributed by atoms with van der Waals surface area (Å²) in [6.45, 7) is 3.86. The molecule has 0 spiro atoms. The van der Waals surface area contributed by atoms with Gasteiger partial charge in [0.15, 0.2) is 0 Å². The van der Waals surface area contributed by atoms with Gasteiger partial charge in [0.25, 0.3) is 0 Å². The van der Waals surface area contributed by atoms with Crippen molar-refractivity contribution in [3.63, 3.8) is 0 Å². The second kappa shape index (κ2) is 9.36. The van der Waals surface area contributed by atoms with Crippen LogP contribution in [0, 0.1) is 13.8 Å². The number of hydrogen-bond acceptors (Lipinski definition) is 5. The number of benzene rings is 3. The average Bonchev–Trinajstić information content (AvgIpc) is 3.12. The number of methoxy groups -OCH3 is 1.